The molecule has 3 aromatic carbocycles. The second kappa shape index (κ2) is 20.1. The van der Waals surface area contributed by atoms with Gasteiger partial charge in [-0.05, 0) is 102 Å². The molecule has 3 rings (SSSR count). The predicted octanol–water partition coefficient (Wildman–Crippen LogP) is 9.04. The maximum absolute atomic E-state index is 9.49. The molecule has 0 heterocycles. The normalized spacial score (nSPS) is 11.3. The lowest BCUT2D eigenvalue weighted by molar-refractivity contribution is -0.305. The van der Waals surface area contributed by atoms with Crippen LogP contribution in [0.15, 0.2) is 69.3 Å². The van der Waals surface area contributed by atoms with E-state index in [9.17, 15) is 9.90 Å². The van der Waals surface area contributed by atoms with E-state index in [1.54, 1.807) is 6.92 Å². The van der Waals surface area contributed by atoms with Crippen LogP contribution in [0.25, 0.3) is 0 Å². The molecule has 272 valence electrons. The zero-order chi connectivity index (χ0) is 36.8. The van der Waals surface area contributed by atoms with Crippen molar-refractivity contribution in [2.45, 2.75) is 154 Å². The highest BCUT2D eigenvalue weighted by molar-refractivity contribution is 7.97. The van der Waals surface area contributed by atoms with Gasteiger partial charge in [-0.3, -0.25) is 0 Å². The highest BCUT2D eigenvalue weighted by Gasteiger charge is 2.43. The van der Waals surface area contributed by atoms with Gasteiger partial charge in [-0.25, -0.2) is 0 Å². The van der Waals surface area contributed by atoms with Crippen molar-refractivity contribution in [3.63, 3.8) is 0 Å². The van der Waals surface area contributed by atoms with Crippen LogP contribution in [0.2, 0.25) is 0 Å². The zero-order valence-electron chi connectivity index (χ0n) is 31.7. The Balaban J connectivity index is 0.00000127. The lowest BCUT2D eigenvalue weighted by atomic mass is 10.2. The summed E-state index contributed by atoms with van der Waals surface area (Å²) < 4.78 is 38.7. The van der Waals surface area contributed by atoms with Crippen molar-refractivity contribution in [3.05, 3.63) is 54.6 Å². The molecule has 0 bridgehead atoms. The minimum absolute atomic E-state index is 0.0115. The molecule has 0 aliphatic rings. The van der Waals surface area contributed by atoms with Gasteiger partial charge in [0.2, 0.25) is 0 Å². The molecule has 0 saturated heterocycles. The smallest absolute Gasteiger partial charge is 0.250 e. The summed E-state index contributed by atoms with van der Waals surface area (Å²) in [5, 5.41) is 9.49. The SMILES string of the molecule is CC(C)Oc1cc(OC(C)C)c([S+](c2ccccc2)c2c(OC(C)C)cc(OC(C)C)cc2OC(C)C)c(OC(C)C)c1.CCCC(=O)[O-]. The standard InChI is InChI=1S/C36H51O6S.C4H8O2/c1-22(2)37-28-18-31(39-24(5)6)35(32(19-28)40-25(7)8)43(30-16-14-13-15-17-30)36-33(41-26(9)10)20-29(38-23(3)4)21-34(36)42-27(11)12;1-2-3-4(5)6/h13-27H,1-12H3;2-3H2,1H3,(H,5,6)/q+1;/p-1. The number of rotatable bonds is 17. The number of carbonyl (C=O) groups is 1. The minimum atomic E-state index is -0.961. The van der Waals surface area contributed by atoms with Gasteiger partial charge in [0, 0.05) is 30.2 Å². The lowest BCUT2D eigenvalue weighted by Gasteiger charge is -2.24. The minimum Gasteiger partial charge on any atom is -0.550 e. The Morgan fingerprint density at radius 3 is 1.08 bits per heavy atom. The molecular weight excluding hydrogens is 640 g/mol. The Morgan fingerprint density at radius 1 is 0.551 bits per heavy atom. The fourth-order valence-electron chi connectivity index (χ4n) is 4.65. The average molecular weight is 699 g/mol. The van der Waals surface area contributed by atoms with E-state index in [0.29, 0.717) is 40.9 Å². The first-order valence-corrected chi connectivity index (χ1v) is 18.6. The van der Waals surface area contributed by atoms with Crippen molar-refractivity contribution >= 4 is 16.9 Å². The number of ether oxygens (including phenoxy) is 6. The van der Waals surface area contributed by atoms with E-state index in [1.165, 1.54) is 0 Å². The Bertz CT molecular complexity index is 1290. The van der Waals surface area contributed by atoms with E-state index in [2.05, 4.69) is 24.3 Å². The molecule has 49 heavy (non-hydrogen) atoms. The van der Waals surface area contributed by atoms with Gasteiger partial charge in [0.05, 0.1) is 36.6 Å². The van der Waals surface area contributed by atoms with E-state index in [1.807, 2.05) is 113 Å². The third-order valence-corrected chi connectivity index (χ3v) is 8.39. The Morgan fingerprint density at radius 2 is 0.857 bits per heavy atom. The molecule has 0 atom stereocenters. The highest BCUT2D eigenvalue weighted by atomic mass is 32.2. The summed E-state index contributed by atoms with van der Waals surface area (Å²) in [7, 11) is -0.780. The number of aliphatic carboxylic acids is 1. The summed E-state index contributed by atoms with van der Waals surface area (Å²) in [6.45, 7) is 26.1. The molecule has 3 aromatic rings. The van der Waals surface area contributed by atoms with Crippen LogP contribution < -0.4 is 33.5 Å². The summed E-state index contributed by atoms with van der Waals surface area (Å²) in [6.07, 6.45) is 0.496. The van der Waals surface area contributed by atoms with Crippen LogP contribution in [-0.4, -0.2) is 42.6 Å². The van der Waals surface area contributed by atoms with Crippen molar-refractivity contribution in [1.29, 1.82) is 0 Å². The third kappa shape index (κ3) is 14.0. The first-order chi connectivity index (χ1) is 23.0. The van der Waals surface area contributed by atoms with Crippen LogP contribution in [0.4, 0.5) is 0 Å². The molecule has 0 saturated carbocycles. The maximum atomic E-state index is 9.49. The molecule has 0 fully saturated rings. The second-order valence-corrected chi connectivity index (χ2v) is 15.1. The molecular formula is C40H58O8S. The topological polar surface area (TPSA) is 95.5 Å². The molecule has 0 unspecified atom stereocenters. The Labute approximate surface area is 297 Å². The van der Waals surface area contributed by atoms with E-state index in [4.69, 9.17) is 28.4 Å². The second-order valence-electron chi connectivity index (χ2n) is 13.2. The summed E-state index contributed by atoms with van der Waals surface area (Å²) in [6, 6.07) is 18.3. The van der Waals surface area contributed by atoms with Crippen molar-refractivity contribution in [2.24, 2.45) is 0 Å². The van der Waals surface area contributed by atoms with Gasteiger partial charge >= 0.3 is 0 Å². The Kier molecular flexibility index (Phi) is 17.0. The summed E-state index contributed by atoms with van der Waals surface area (Å²) in [5.74, 6) is 3.22. The summed E-state index contributed by atoms with van der Waals surface area (Å²) in [5.41, 5.74) is 0. The van der Waals surface area contributed by atoms with E-state index >= 15 is 0 Å². The van der Waals surface area contributed by atoms with Crippen LogP contribution in [0.3, 0.4) is 0 Å². The van der Waals surface area contributed by atoms with Gasteiger partial charge in [-0.2, -0.15) is 0 Å². The van der Waals surface area contributed by atoms with Crippen molar-refractivity contribution < 1.29 is 38.3 Å². The van der Waals surface area contributed by atoms with Crippen LogP contribution in [0, 0.1) is 0 Å². The van der Waals surface area contributed by atoms with Crippen molar-refractivity contribution in [2.75, 3.05) is 0 Å². The fraction of sp³-hybridized carbons (Fsp3) is 0.525. The molecule has 0 spiro atoms. The monoisotopic (exact) mass is 698 g/mol. The van der Waals surface area contributed by atoms with Gasteiger partial charge in [0.25, 0.3) is 9.79 Å². The molecule has 0 aromatic heterocycles. The molecule has 0 radical (unpaired) electrons. The van der Waals surface area contributed by atoms with Crippen molar-refractivity contribution in [3.8, 4) is 34.5 Å². The maximum Gasteiger partial charge on any atom is 0.250 e. The van der Waals surface area contributed by atoms with Crippen LogP contribution >= 0.6 is 0 Å². The number of carboxylic acid groups (broad SMARTS) is 1. The van der Waals surface area contributed by atoms with E-state index in [0.717, 1.165) is 14.7 Å². The average Bonchev–Trinajstić information content (AvgIpc) is 2.94. The molecule has 8 nitrogen and oxygen atoms in total. The van der Waals surface area contributed by atoms with Crippen LogP contribution in [0.5, 0.6) is 34.5 Å². The van der Waals surface area contributed by atoms with Gasteiger partial charge in [-0.1, -0.05) is 31.5 Å². The molecule has 0 aliphatic carbocycles. The Hall–Kier alpha value is -3.72. The van der Waals surface area contributed by atoms with E-state index < -0.39 is 16.9 Å². The molecule has 0 aliphatic heterocycles. The zero-order valence-corrected chi connectivity index (χ0v) is 32.6. The molecule has 0 amide bonds. The molecule has 9 heteroatoms. The summed E-state index contributed by atoms with van der Waals surface area (Å²) >= 11 is 0. The first kappa shape index (κ1) is 41.5. The first-order valence-electron chi connectivity index (χ1n) is 17.4. The van der Waals surface area contributed by atoms with Gasteiger partial charge in [0.1, 0.15) is 22.4 Å². The number of hydrogen-bond donors (Lipinski definition) is 0. The quantitative estimate of drug-likeness (QED) is 0.129. The highest BCUT2D eigenvalue weighted by Crippen LogP contribution is 2.51. The lowest BCUT2D eigenvalue weighted by Crippen LogP contribution is -2.20. The largest absolute Gasteiger partial charge is 0.550 e. The van der Waals surface area contributed by atoms with Crippen LogP contribution in [-0.2, 0) is 15.7 Å². The third-order valence-electron chi connectivity index (χ3n) is 6.02. The van der Waals surface area contributed by atoms with Crippen molar-refractivity contribution in [1.82, 2.24) is 0 Å². The fourth-order valence-corrected chi connectivity index (χ4v) is 6.99. The van der Waals surface area contributed by atoms with Gasteiger partial charge < -0.3 is 38.3 Å². The van der Waals surface area contributed by atoms with Gasteiger partial charge in [0.15, 0.2) is 27.9 Å². The summed E-state index contributed by atoms with van der Waals surface area (Å²) in [4.78, 5) is 12.4. The predicted molar refractivity (Wildman–Crippen MR) is 196 cm³/mol. The molecule has 0 N–H and O–H groups in total. The number of carbonyl (C=O) groups excluding carboxylic acids is 1. The number of carboxylic acids is 1. The van der Waals surface area contributed by atoms with Crippen LogP contribution in [0.1, 0.15) is 103 Å². The van der Waals surface area contributed by atoms with E-state index in [-0.39, 0.29) is 43.0 Å². The number of hydrogen-bond acceptors (Lipinski definition) is 8. The van der Waals surface area contributed by atoms with Gasteiger partial charge in [-0.15, -0.1) is 0 Å². The number of benzene rings is 3.